The number of hydrogen-bond donors (Lipinski definition) is 0. The largest absolute Gasteiger partial charge is 0.416 e. The maximum atomic E-state index is 12.1. The number of benzene rings is 2. The van der Waals surface area contributed by atoms with Crippen LogP contribution in [0.15, 0.2) is 66.3 Å². The Balaban J connectivity index is 1.84. The molecule has 3 rings (SSSR count). The molecule has 0 saturated carbocycles. The second-order valence-electron chi connectivity index (χ2n) is 4.83. The summed E-state index contributed by atoms with van der Waals surface area (Å²) in [5.74, 6) is -0.810. The summed E-state index contributed by atoms with van der Waals surface area (Å²) < 4.78 is 6.49. The maximum absolute atomic E-state index is 12.1. The Kier molecular flexibility index (Phi) is 4.56. The molecule has 0 spiro atoms. The number of nitro groups is 1. The lowest BCUT2D eigenvalue weighted by atomic mass is 10.2. The van der Waals surface area contributed by atoms with Gasteiger partial charge in [0.1, 0.15) is 12.7 Å². The fourth-order valence-electron chi connectivity index (χ4n) is 1.96. The predicted octanol–water partition coefficient (Wildman–Crippen LogP) is 2.29. The highest BCUT2D eigenvalue weighted by atomic mass is 16.6. The van der Waals surface area contributed by atoms with E-state index in [1.54, 1.807) is 36.4 Å². The number of hydrogen-bond acceptors (Lipinski definition) is 7. The van der Waals surface area contributed by atoms with Gasteiger partial charge in [-0.2, -0.15) is 5.10 Å². The fourth-order valence-corrected chi connectivity index (χ4v) is 1.96. The summed E-state index contributed by atoms with van der Waals surface area (Å²) in [7, 11) is 0. The molecule has 124 valence electrons. The molecule has 0 saturated heterocycles. The Labute approximate surface area is 141 Å². The van der Waals surface area contributed by atoms with Crippen molar-refractivity contribution in [1.82, 2.24) is 14.9 Å². The molecular weight excluding hydrogens is 326 g/mol. The van der Waals surface area contributed by atoms with Gasteiger partial charge in [-0.15, -0.1) is 10.2 Å². The predicted molar refractivity (Wildman–Crippen MR) is 87.5 cm³/mol. The fraction of sp³-hybridized carbons (Fsp3) is 0. The molecule has 9 heteroatoms. The Morgan fingerprint density at radius 1 is 1.16 bits per heavy atom. The standard InChI is InChI=1S/C16H11N5O4/c22-16(13-4-2-1-3-5-13)25-15-7-6-12(8-14(15)21(23)24)9-19-20-10-17-18-11-20/h1-11H/b19-9+. The minimum Gasteiger partial charge on any atom is -0.416 e. The number of esters is 1. The van der Waals surface area contributed by atoms with Crippen LogP contribution in [0.2, 0.25) is 0 Å². The lowest BCUT2D eigenvalue weighted by Gasteiger charge is -2.05. The molecule has 1 aromatic heterocycles. The minimum atomic E-state index is -0.672. The Hall–Kier alpha value is -3.88. The van der Waals surface area contributed by atoms with Crippen molar-refractivity contribution in [2.45, 2.75) is 0 Å². The number of rotatable bonds is 5. The molecule has 25 heavy (non-hydrogen) atoms. The van der Waals surface area contributed by atoms with Crippen molar-refractivity contribution in [3.8, 4) is 5.75 Å². The van der Waals surface area contributed by atoms with Crippen LogP contribution in [0.3, 0.4) is 0 Å². The first-order chi connectivity index (χ1) is 12.1. The second-order valence-corrected chi connectivity index (χ2v) is 4.83. The SMILES string of the molecule is O=C(Oc1ccc(/C=N/n2cnnc2)cc1[N+](=O)[O-])c1ccccc1. The third kappa shape index (κ3) is 3.91. The molecule has 0 unspecified atom stereocenters. The summed E-state index contributed by atoms with van der Waals surface area (Å²) in [6.07, 6.45) is 4.15. The zero-order valence-corrected chi connectivity index (χ0v) is 12.7. The van der Waals surface area contributed by atoms with Gasteiger partial charge in [0.15, 0.2) is 0 Å². The van der Waals surface area contributed by atoms with Crippen molar-refractivity contribution in [2.75, 3.05) is 0 Å². The van der Waals surface area contributed by atoms with E-state index in [1.165, 1.54) is 35.7 Å². The highest BCUT2D eigenvalue weighted by Crippen LogP contribution is 2.28. The average Bonchev–Trinajstić information content (AvgIpc) is 3.15. The molecule has 9 nitrogen and oxygen atoms in total. The van der Waals surface area contributed by atoms with Crippen LogP contribution >= 0.6 is 0 Å². The van der Waals surface area contributed by atoms with Crippen LogP contribution in [-0.4, -0.2) is 32.0 Å². The monoisotopic (exact) mass is 337 g/mol. The van der Waals surface area contributed by atoms with Gasteiger partial charge in [0, 0.05) is 11.6 Å². The number of nitro benzene ring substituents is 1. The summed E-state index contributed by atoms with van der Waals surface area (Å²) in [5.41, 5.74) is 0.423. The Morgan fingerprint density at radius 3 is 2.56 bits per heavy atom. The minimum absolute atomic E-state index is 0.139. The van der Waals surface area contributed by atoms with Crippen molar-refractivity contribution in [3.63, 3.8) is 0 Å². The quantitative estimate of drug-likeness (QED) is 0.232. The van der Waals surface area contributed by atoms with E-state index in [2.05, 4.69) is 15.3 Å². The maximum Gasteiger partial charge on any atom is 0.343 e. The van der Waals surface area contributed by atoms with Gasteiger partial charge in [-0.05, 0) is 24.3 Å². The van der Waals surface area contributed by atoms with Gasteiger partial charge in [-0.25, -0.2) is 9.47 Å². The molecule has 0 amide bonds. The van der Waals surface area contributed by atoms with E-state index in [0.717, 1.165) is 0 Å². The van der Waals surface area contributed by atoms with E-state index in [-0.39, 0.29) is 11.4 Å². The molecule has 0 atom stereocenters. The van der Waals surface area contributed by atoms with E-state index in [4.69, 9.17) is 4.74 Å². The van der Waals surface area contributed by atoms with Crippen LogP contribution in [0.5, 0.6) is 5.75 Å². The van der Waals surface area contributed by atoms with Gasteiger partial charge >= 0.3 is 11.7 Å². The van der Waals surface area contributed by atoms with Crippen LogP contribution in [0, 0.1) is 10.1 Å². The number of nitrogens with zero attached hydrogens (tertiary/aromatic N) is 5. The first-order valence-corrected chi connectivity index (χ1v) is 7.08. The zero-order chi connectivity index (χ0) is 17.6. The molecule has 1 heterocycles. The molecule has 2 aromatic carbocycles. The van der Waals surface area contributed by atoms with Gasteiger partial charge in [0.25, 0.3) is 0 Å². The lowest BCUT2D eigenvalue weighted by molar-refractivity contribution is -0.385. The van der Waals surface area contributed by atoms with Gasteiger partial charge < -0.3 is 4.74 Å². The number of carbonyl (C=O) groups excluding carboxylic acids is 1. The Bertz CT molecular complexity index is 923. The third-order valence-electron chi connectivity index (χ3n) is 3.14. The number of aromatic nitrogens is 3. The van der Waals surface area contributed by atoms with E-state index in [9.17, 15) is 14.9 Å². The van der Waals surface area contributed by atoms with E-state index < -0.39 is 10.9 Å². The van der Waals surface area contributed by atoms with Crippen molar-refractivity contribution in [1.29, 1.82) is 0 Å². The average molecular weight is 337 g/mol. The molecule has 0 fully saturated rings. The van der Waals surface area contributed by atoms with E-state index in [0.29, 0.717) is 11.1 Å². The normalized spacial score (nSPS) is 10.7. The zero-order valence-electron chi connectivity index (χ0n) is 12.7. The van der Waals surface area contributed by atoms with Crippen molar-refractivity contribution < 1.29 is 14.5 Å². The van der Waals surface area contributed by atoms with Crippen molar-refractivity contribution >= 4 is 17.9 Å². The number of ether oxygens (including phenoxy) is 1. The topological polar surface area (TPSA) is 113 Å². The van der Waals surface area contributed by atoms with Gasteiger partial charge in [-0.1, -0.05) is 18.2 Å². The van der Waals surface area contributed by atoms with Crippen molar-refractivity contribution in [2.24, 2.45) is 5.10 Å². The molecular formula is C16H11N5O4. The highest BCUT2D eigenvalue weighted by Gasteiger charge is 2.19. The van der Waals surface area contributed by atoms with Crippen LogP contribution in [-0.2, 0) is 0 Å². The summed E-state index contributed by atoms with van der Waals surface area (Å²) in [6.45, 7) is 0. The molecule has 0 N–H and O–H groups in total. The second kappa shape index (κ2) is 7.13. The smallest absolute Gasteiger partial charge is 0.343 e. The molecule has 0 aliphatic rings. The van der Waals surface area contributed by atoms with Gasteiger partial charge in [0.05, 0.1) is 16.7 Å². The summed E-state index contributed by atoms with van der Waals surface area (Å²) in [6, 6.07) is 12.4. The van der Waals surface area contributed by atoms with Crippen LogP contribution in [0.25, 0.3) is 0 Å². The summed E-state index contributed by atoms with van der Waals surface area (Å²) in [5, 5.41) is 22.5. The summed E-state index contributed by atoms with van der Waals surface area (Å²) >= 11 is 0. The summed E-state index contributed by atoms with van der Waals surface area (Å²) in [4.78, 5) is 22.7. The highest BCUT2D eigenvalue weighted by molar-refractivity contribution is 5.91. The first kappa shape index (κ1) is 16.0. The molecule has 0 bridgehead atoms. The molecule has 0 radical (unpaired) electrons. The van der Waals surface area contributed by atoms with Crippen LogP contribution in [0.1, 0.15) is 15.9 Å². The molecule has 3 aromatic rings. The first-order valence-electron chi connectivity index (χ1n) is 7.08. The van der Waals surface area contributed by atoms with Gasteiger partial charge in [-0.3, -0.25) is 10.1 Å². The van der Waals surface area contributed by atoms with Gasteiger partial charge in [0.2, 0.25) is 5.75 Å². The Morgan fingerprint density at radius 2 is 1.88 bits per heavy atom. The van der Waals surface area contributed by atoms with Crippen LogP contribution in [0.4, 0.5) is 5.69 Å². The van der Waals surface area contributed by atoms with Crippen molar-refractivity contribution in [3.05, 3.63) is 82.4 Å². The van der Waals surface area contributed by atoms with E-state index >= 15 is 0 Å². The number of carbonyl (C=O) groups is 1. The van der Waals surface area contributed by atoms with Crippen LogP contribution < -0.4 is 4.74 Å². The molecule has 0 aliphatic heterocycles. The molecule has 0 aliphatic carbocycles. The van der Waals surface area contributed by atoms with E-state index in [1.807, 2.05) is 0 Å². The third-order valence-corrected chi connectivity index (χ3v) is 3.14. The lowest BCUT2D eigenvalue weighted by Crippen LogP contribution is -2.09.